The van der Waals surface area contributed by atoms with Crippen molar-refractivity contribution in [2.75, 3.05) is 7.11 Å². The Labute approximate surface area is 119 Å². The van der Waals surface area contributed by atoms with E-state index in [9.17, 15) is 13.2 Å². The van der Waals surface area contributed by atoms with E-state index in [-0.39, 0.29) is 27.1 Å². The Bertz CT molecular complexity index is 817. The van der Waals surface area contributed by atoms with Crippen molar-refractivity contribution in [3.05, 3.63) is 39.9 Å². The van der Waals surface area contributed by atoms with Crippen molar-refractivity contribution in [2.45, 2.75) is 4.90 Å². The molecule has 0 amide bonds. The first-order chi connectivity index (χ1) is 9.32. The van der Waals surface area contributed by atoms with Gasteiger partial charge in [0.1, 0.15) is 10.0 Å². The van der Waals surface area contributed by atoms with Crippen molar-refractivity contribution in [3.8, 4) is 17.0 Å². The van der Waals surface area contributed by atoms with Crippen molar-refractivity contribution >= 4 is 21.6 Å². The highest BCUT2D eigenvalue weighted by molar-refractivity contribution is 7.89. The second-order valence-electron chi connectivity index (χ2n) is 3.82. The molecule has 0 saturated heterocycles. The Kier molecular flexibility index (Phi) is 3.80. The minimum Gasteiger partial charge on any atom is -0.481 e. The zero-order valence-corrected chi connectivity index (χ0v) is 11.8. The maximum Gasteiger partial charge on any atom is 0.257 e. The van der Waals surface area contributed by atoms with Crippen LogP contribution in [-0.4, -0.2) is 25.5 Å². The molecule has 20 heavy (non-hydrogen) atoms. The summed E-state index contributed by atoms with van der Waals surface area (Å²) in [6.45, 7) is 0. The van der Waals surface area contributed by atoms with Gasteiger partial charge in [-0.1, -0.05) is 11.6 Å². The Hall–Kier alpha value is -1.90. The largest absolute Gasteiger partial charge is 0.481 e. The number of primary sulfonamides is 1. The van der Waals surface area contributed by atoms with Crippen LogP contribution >= 0.6 is 11.6 Å². The number of aromatic amines is 1. The quantitative estimate of drug-likeness (QED) is 0.811. The first-order valence-corrected chi connectivity index (χ1v) is 7.21. The highest BCUT2D eigenvalue weighted by Gasteiger charge is 2.16. The molecule has 0 aliphatic heterocycles. The second kappa shape index (κ2) is 5.23. The predicted molar refractivity (Wildman–Crippen MR) is 73.2 cm³/mol. The number of nitrogens with zero attached hydrogens (tertiary/aromatic N) is 1. The molecule has 106 valence electrons. The fraction of sp³-hybridized carbons (Fsp3) is 0.0909. The van der Waals surface area contributed by atoms with Gasteiger partial charge in [0, 0.05) is 0 Å². The molecule has 0 aliphatic rings. The number of nitrogens with one attached hydrogen (secondary N) is 1. The summed E-state index contributed by atoms with van der Waals surface area (Å²) in [6, 6.07) is 4.12. The number of methoxy groups -OCH3 is 1. The number of pyridine rings is 2. The lowest BCUT2D eigenvalue weighted by atomic mass is 10.1. The van der Waals surface area contributed by atoms with E-state index in [2.05, 4.69) is 9.97 Å². The number of sulfonamides is 1. The van der Waals surface area contributed by atoms with E-state index in [4.69, 9.17) is 21.5 Å². The van der Waals surface area contributed by atoms with Gasteiger partial charge < -0.3 is 9.72 Å². The smallest absolute Gasteiger partial charge is 0.257 e. The van der Waals surface area contributed by atoms with E-state index < -0.39 is 15.6 Å². The Morgan fingerprint density at radius 2 is 2.05 bits per heavy atom. The number of ether oxygens (including phenoxy) is 1. The molecule has 2 aromatic rings. The summed E-state index contributed by atoms with van der Waals surface area (Å²) in [5.74, 6) is 0.102. The van der Waals surface area contributed by atoms with E-state index in [1.165, 1.54) is 25.3 Å². The van der Waals surface area contributed by atoms with Gasteiger partial charge in [0.15, 0.2) is 0 Å². The normalized spacial score (nSPS) is 11.3. The van der Waals surface area contributed by atoms with Gasteiger partial charge in [-0.25, -0.2) is 18.5 Å². The van der Waals surface area contributed by atoms with Crippen LogP contribution in [-0.2, 0) is 10.0 Å². The first-order valence-electron chi connectivity index (χ1n) is 5.29. The fourth-order valence-corrected chi connectivity index (χ4v) is 2.24. The summed E-state index contributed by atoms with van der Waals surface area (Å²) < 4.78 is 27.7. The van der Waals surface area contributed by atoms with Gasteiger partial charge in [-0.3, -0.25) is 4.79 Å². The van der Waals surface area contributed by atoms with Crippen LogP contribution in [0.5, 0.6) is 5.88 Å². The van der Waals surface area contributed by atoms with Crippen molar-refractivity contribution in [2.24, 2.45) is 5.14 Å². The molecule has 2 heterocycles. The molecule has 0 aliphatic carbocycles. The topological polar surface area (TPSA) is 115 Å². The third kappa shape index (κ3) is 2.82. The predicted octanol–water partition coefficient (Wildman–Crippen LogP) is 0.746. The van der Waals surface area contributed by atoms with E-state index in [1.807, 2.05) is 0 Å². The number of hydrogen-bond donors (Lipinski definition) is 2. The average molecular weight is 316 g/mol. The number of aromatic nitrogens is 2. The molecule has 0 bridgehead atoms. The van der Waals surface area contributed by atoms with Gasteiger partial charge >= 0.3 is 0 Å². The molecular weight excluding hydrogens is 306 g/mol. The molecule has 2 aromatic heterocycles. The van der Waals surface area contributed by atoms with Crippen LogP contribution in [0, 0.1) is 0 Å². The van der Waals surface area contributed by atoms with E-state index in [1.54, 1.807) is 0 Å². The average Bonchev–Trinajstić information content (AvgIpc) is 2.37. The number of halogens is 1. The Morgan fingerprint density at radius 1 is 1.35 bits per heavy atom. The summed E-state index contributed by atoms with van der Waals surface area (Å²) >= 11 is 5.66. The lowest BCUT2D eigenvalue weighted by Gasteiger charge is -2.08. The maximum absolute atomic E-state index is 11.9. The summed E-state index contributed by atoms with van der Waals surface area (Å²) in [4.78, 5) is 17.9. The van der Waals surface area contributed by atoms with Gasteiger partial charge in [-0.15, -0.1) is 0 Å². The van der Waals surface area contributed by atoms with Crippen molar-refractivity contribution in [1.82, 2.24) is 9.97 Å². The van der Waals surface area contributed by atoms with Crippen LogP contribution in [0.25, 0.3) is 11.1 Å². The molecule has 0 saturated carbocycles. The van der Waals surface area contributed by atoms with Crippen LogP contribution in [0.2, 0.25) is 5.15 Å². The highest BCUT2D eigenvalue weighted by atomic mass is 35.5. The van der Waals surface area contributed by atoms with Crippen molar-refractivity contribution in [1.29, 1.82) is 0 Å². The monoisotopic (exact) mass is 315 g/mol. The van der Waals surface area contributed by atoms with Crippen molar-refractivity contribution < 1.29 is 13.2 Å². The summed E-state index contributed by atoms with van der Waals surface area (Å²) in [6.07, 6.45) is 1.06. The fourth-order valence-electron chi connectivity index (χ4n) is 1.61. The lowest BCUT2D eigenvalue weighted by Crippen LogP contribution is -2.14. The van der Waals surface area contributed by atoms with Crippen LogP contribution in [0.4, 0.5) is 0 Å². The maximum atomic E-state index is 11.9. The Balaban J connectivity index is 2.74. The molecule has 0 spiro atoms. The summed E-state index contributed by atoms with van der Waals surface area (Å²) in [5.41, 5.74) is -0.120. The summed E-state index contributed by atoms with van der Waals surface area (Å²) in [7, 11) is -2.58. The molecule has 0 unspecified atom stereocenters. The minimum absolute atomic E-state index is 0.102. The van der Waals surface area contributed by atoms with Crippen molar-refractivity contribution in [3.63, 3.8) is 0 Å². The highest BCUT2D eigenvalue weighted by Crippen LogP contribution is 2.27. The van der Waals surface area contributed by atoms with Crippen LogP contribution in [0.15, 0.2) is 34.1 Å². The number of nitrogens with two attached hydrogens (primary N) is 1. The second-order valence-corrected chi connectivity index (χ2v) is 5.79. The molecular formula is C11H10ClN3O4S. The van der Waals surface area contributed by atoms with Gasteiger partial charge in [0.25, 0.3) is 5.56 Å². The van der Waals surface area contributed by atoms with Crippen LogP contribution in [0.1, 0.15) is 0 Å². The zero-order valence-electron chi connectivity index (χ0n) is 10.3. The van der Waals surface area contributed by atoms with E-state index in [0.29, 0.717) is 0 Å². The molecule has 9 heteroatoms. The standard InChI is InChI=1S/C11H10ClN3O4S/c1-19-11-8(4-6(5-14-11)20(13,17)18)7-2-3-9(12)15-10(7)16/h2-5H,1H3,(H,15,16)(H2,13,17,18). The SMILES string of the molecule is COc1ncc(S(N)(=O)=O)cc1-c1ccc(Cl)[nH]c1=O. The minimum atomic E-state index is -3.94. The zero-order chi connectivity index (χ0) is 14.9. The molecule has 0 aromatic carbocycles. The molecule has 7 nitrogen and oxygen atoms in total. The first kappa shape index (κ1) is 14.5. The number of H-pyrrole nitrogens is 1. The molecule has 3 N–H and O–H groups in total. The van der Waals surface area contributed by atoms with Gasteiger partial charge in [-0.2, -0.15) is 0 Å². The lowest BCUT2D eigenvalue weighted by molar-refractivity contribution is 0.399. The van der Waals surface area contributed by atoms with Gasteiger partial charge in [-0.05, 0) is 18.2 Å². The molecule has 0 atom stereocenters. The van der Waals surface area contributed by atoms with Crippen LogP contribution < -0.4 is 15.4 Å². The Morgan fingerprint density at radius 3 is 2.60 bits per heavy atom. The van der Waals surface area contributed by atoms with Gasteiger partial charge in [0.2, 0.25) is 15.9 Å². The number of hydrogen-bond acceptors (Lipinski definition) is 5. The third-order valence-electron chi connectivity index (χ3n) is 2.51. The third-order valence-corrected chi connectivity index (χ3v) is 3.61. The molecule has 2 rings (SSSR count). The van der Waals surface area contributed by atoms with Gasteiger partial charge in [0.05, 0.1) is 24.4 Å². The summed E-state index contributed by atoms with van der Waals surface area (Å²) in [5, 5.41) is 5.20. The van der Waals surface area contributed by atoms with Crippen LogP contribution in [0.3, 0.4) is 0 Å². The molecule has 0 radical (unpaired) electrons. The van der Waals surface area contributed by atoms with E-state index >= 15 is 0 Å². The number of rotatable bonds is 3. The molecule has 0 fully saturated rings. The van der Waals surface area contributed by atoms with E-state index in [0.717, 1.165) is 6.20 Å².